The average Bonchev–Trinajstić information content (AvgIpc) is 3.12. The first-order valence-electron chi connectivity index (χ1n) is 8.82. The smallest absolute Gasteiger partial charge is 0.0710 e. The first-order chi connectivity index (χ1) is 10.7. The second-order valence-corrected chi connectivity index (χ2v) is 13.0. The van der Waals surface area contributed by atoms with Gasteiger partial charge in [0, 0.05) is 5.54 Å². The van der Waals surface area contributed by atoms with E-state index in [0.29, 0.717) is 11.1 Å². The van der Waals surface area contributed by atoms with Crippen molar-refractivity contribution in [2.45, 2.75) is 65.7 Å². The minimum absolute atomic E-state index is 0.646. The molecule has 0 radical (unpaired) electrons. The molecule has 0 saturated heterocycles. The van der Waals surface area contributed by atoms with Crippen LogP contribution in [-0.4, -0.2) is 8.07 Å². The third-order valence-corrected chi connectivity index (χ3v) is 11.1. The Hall–Kier alpha value is -1.34. The molecule has 0 aliphatic heterocycles. The Morgan fingerprint density at radius 3 is 1.83 bits per heavy atom. The second kappa shape index (κ2) is 5.34. The third kappa shape index (κ3) is 2.16. The molecule has 0 saturated carbocycles. The van der Waals surface area contributed by atoms with Crippen molar-refractivity contribution in [2.24, 2.45) is 0 Å². The quantitative estimate of drug-likeness (QED) is 0.541. The Labute approximate surface area is 143 Å². The van der Waals surface area contributed by atoms with Crippen LogP contribution in [0.25, 0.3) is 5.57 Å². The van der Waals surface area contributed by atoms with Gasteiger partial charge in [-0.3, -0.25) is 0 Å². The van der Waals surface area contributed by atoms with E-state index in [2.05, 4.69) is 78.9 Å². The van der Waals surface area contributed by atoms with Gasteiger partial charge in [0.1, 0.15) is 0 Å². The van der Waals surface area contributed by atoms with Crippen LogP contribution >= 0.6 is 0 Å². The van der Waals surface area contributed by atoms with E-state index in [1.165, 1.54) is 22.3 Å². The summed E-state index contributed by atoms with van der Waals surface area (Å²) < 4.78 is 0. The molecular formula is C22H30Si. The van der Waals surface area contributed by atoms with Crippen LogP contribution in [-0.2, 0) is 0 Å². The molecule has 0 bridgehead atoms. The molecule has 1 heteroatoms. The van der Waals surface area contributed by atoms with Crippen LogP contribution in [0.3, 0.4) is 0 Å². The zero-order chi connectivity index (χ0) is 17.1. The molecule has 2 aliphatic carbocycles. The van der Waals surface area contributed by atoms with Crippen molar-refractivity contribution in [1.82, 2.24) is 0 Å². The summed E-state index contributed by atoms with van der Waals surface area (Å²) >= 11 is 0. The minimum atomic E-state index is -1.52. The monoisotopic (exact) mass is 322 g/mol. The summed E-state index contributed by atoms with van der Waals surface area (Å²) in [4.78, 5) is 0. The summed E-state index contributed by atoms with van der Waals surface area (Å²) in [6.45, 7) is 19.2. The maximum absolute atomic E-state index is 2.58. The Morgan fingerprint density at radius 2 is 1.26 bits per heavy atom. The zero-order valence-electron chi connectivity index (χ0n) is 16.0. The summed E-state index contributed by atoms with van der Waals surface area (Å²) in [5.74, 6) is 0. The molecule has 23 heavy (non-hydrogen) atoms. The zero-order valence-corrected chi connectivity index (χ0v) is 17.0. The van der Waals surface area contributed by atoms with E-state index in [0.717, 1.165) is 0 Å². The van der Waals surface area contributed by atoms with Crippen LogP contribution in [0.2, 0.25) is 18.6 Å². The number of rotatable bonds is 2. The fraction of sp³-hybridized carbons (Fsp3) is 0.455. The molecule has 0 nitrogen and oxygen atoms in total. The molecule has 0 spiro atoms. The van der Waals surface area contributed by atoms with E-state index in [4.69, 9.17) is 0 Å². The molecule has 0 fully saturated rings. The van der Waals surface area contributed by atoms with E-state index in [-0.39, 0.29) is 0 Å². The van der Waals surface area contributed by atoms with Gasteiger partial charge >= 0.3 is 0 Å². The van der Waals surface area contributed by atoms with E-state index >= 15 is 0 Å². The van der Waals surface area contributed by atoms with E-state index < -0.39 is 8.07 Å². The van der Waals surface area contributed by atoms with Crippen LogP contribution < -0.4 is 0 Å². The Bertz CT molecular complexity index is 760. The summed E-state index contributed by atoms with van der Waals surface area (Å²) in [7, 11) is -1.52. The summed E-state index contributed by atoms with van der Waals surface area (Å²) in [6, 6.07) is 0. The van der Waals surface area contributed by atoms with Crippen LogP contribution in [0.5, 0.6) is 0 Å². The highest BCUT2D eigenvalue weighted by Crippen LogP contribution is 2.53. The van der Waals surface area contributed by atoms with Gasteiger partial charge in [-0.25, -0.2) is 0 Å². The molecular weight excluding hydrogens is 292 g/mol. The number of fused-ring (bicyclic) bond motifs is 1. The molecule has 0 aromatic heterocycles. The highest BCUT2D eigenvalue weighted by molar-refractivity contribution is 6.82. The number of hydrogen-bond donors (Lipinski definition) is 0. The SMILES string of the molecule is CC1=C(C)C([Si](C)(C)C2C=CC=C2)c2c(C)c(C)c(C)c(C)c21. The van der Waals surface area contributed by atoms with Gasteiger partial charge in [0.05, 0.1) is 8.07 Å². The lowest BCUT2D eigenvalue weighted by Gasteiger charge is -2.37. The molecule has 0 N–H and O–H groups in total. The Morgan fingerprint density at radius 1 is 0.739 bits per heavy atom. The number of benzene rings is 1. The second-order valence-electron chi connectivity index (χ2n) is 8.15. The first kappa shape index (κ1) is 16.5. The van der Waals surface area contributed by atoms with Crippen molar-refractivity contribution >= 4 is 13.6 Å². The van der Waals surface area contributed by atoms with Crippen molar-refractivity contribution in [3.63, 3.8) is 0 Å². The molecule has 1 aromatic rings. The first-order valence-corrected chi connectivity index (χ1v) is 12.0. The normalized spacial score (nSPS) is 20.8. The lowest BCUT2D eigenvalue weighted by atomic mass is 9.88. The molecule has 0 heterocycles. The fourth-order valence-electron chi connectivity index (χ4n) is 4.87. The Balaban J connectivity index is 2.28. The predicted octanol–water partition coefficient (Wildman–Crippen LogP) is 6.55. The largest absolute Gasteiger partial charge is 0.0803 e. The predicted molar refractivity (Wildman–Crippen MR) is 106 cm³/mol. The van der Waals surface area contributed by atoms with Crippen LogP contribution in [0.15, 0.2) is 29.9 Å². The van der Waals surface area contributed by atoms with Gasteiger partial charge in [-0.05, 0) is 86.0 Å². The Kier molecular flexibility index (Phi) is 3.83. The highest BCUT2D eigenvalue weighted by Gasteiger charge is 2.45. The van der Waals surface area contributed by atoms with Gasteiger partial charge in [0.25, 0.3) is 0 Å². The van der Waals surface area contributed by atoms with Gasteiger partial charge in [0.2, 0.25) is 0 Å². The summed E-state index contributed by atoms with van der Waals surface area (Å²) in [6.07, 6.45) is 9.32. The van der Waals surface area contributed by atoms with E-state index in [1.54, 1.807) is 22.3 Å². The maximum atomic E-state index is 2.58. The van der Waals surface area contributed by atoms with Crippen molar-refractivity contribution in [3.05, 3.63) is 63.3 Å². The van der Waals surface area contributed by atoms with E-state index in [9.17, 15) is 0 Å². The summed E-state index contributed by atoms with van der Waals surface area (Å²) in [5, 5.41) is 0. The van der Waals surface area contributed by atoms with Gasteiger partial charge < -0.3 is 0 Å². The third-order valence-electron chi connectivity index (χ3n) is 6.78. The van der Waals surface area contributed by atoms with Gasteiger partial charge in [0.15, 0.2) is 0 Å². The summed E-state index contributed by atoms with van der Waals surface area (Å²) in [5.41, 5.74) is 13.7. The molecule has 1 aromatic carbocycles. The average molecular weight is 323 g/mol. The number of allylic oxidation sites excluding steroid dienone is 6. The van der Waals surface area contributed by atoms with Crippen molar-refractivity contribution in [3.8, 4) is 0 Å². The van der Waals surface area contributed by atoms with Crippen LogP contribution in [0.1, 0.15) is 52.8 Å². The molecule has 3 rings (SSSR count). The highest BCUT2D eigenvalue weighted by atomic mass is 28.3. The topological polar surface area (TPSA) is 0 Å². The molecule has 2 aliphatic rings. The minimum Gasteiger partial charge on any atom is -0.0803 e. The van der Waals surface area contributed by atoms with Crippen molar-refractivity contribution in [2.75, 3.05) is 0 Å². The maximum Gasteiger partial charge on any atom is 0.0710 e. The standard InChI is InChI=1S/C22H30Si/c1-13-14(2)16(4)21-20(15(13)3)17(5)18(6)22(21)23(7,8)19-11-9-10-12-19/h9-12,19,22H,1-8H3. The van der Waals surface area contributed by atoms with Crippen LogP contribution in [0, 0.1) is 27.7 Å². The van der Waals surface area contributed by atoms with Gasteiger partial charge in [-0.1, -0.05) is 43.0 Å². The molecule has 1 atom stereocenters. The number of hydrogen-bond acceptors (Lipinski definition) is 0. The molecule has 1 unspecified atom stereocenters. The lowest BCUT2D eigenvalue weighted by molar-refractivity contribution is 1.00. The lowest BCUT2D eigenvalue weighted by Crippen LogP contribution is -2.39. The van der Waals surface area contributed by atoms with Crippen LogP contribution in [0.4, 0.5) is 0 Å². The van der Waals surface area contributed by atoms with E-state index in [1.807, 2.05) is 0 Å². The molecule has 122 valence electrons. The van der Waals surface area contributed by atoms with Gasteiger partial charge in [-0.2, -0.15) is 0 Å². The van der Waals surface area contributed by atoms with Gasteiger partial charge in [-0.15, -0.1) is 0 Å². The fourth-order valence-corrected chi connectivity index (χ4v) is 8.90. The van der Waals surface area contributed by atoms with Crippen molar-refractivity contribution in [1.29, 1.82) is 0 Å². The van der Waals surface area contributed by atoms with Crippen molar-refractivity contribution < 1.29 is 0 Å². The molecule has 0 amide bonds.